The zero-order chi connectivity index (χ0) is 17.8. The Kier molecular flexibility index (Phi) is 3.98. The molecule has 3 heterocycles. The SMILES string of the molecule is CC[C@H]1CC[C@@H](c2nc3ccc(B4OC(C)(C)C(C)(C)O4)cc3[nH]2)N1. The molecule has 2 N–H and O–H groups in total. The van der Waals surface area contributed by atoms with Crippen molar-refractivity contribution in [3.05, 3.63) is 24.0 Å². The number of fused-ring (bicyclic) bond motifs is 1. The van der Waals surface area contributed by atoms with Gasteiger partial charge in [0, 0.05) is 6.04 Å². The second-order valence-electron chi connectivity index (χ2n) is 8.39. The summed E-state index contributed by atoms with van der Waals surface area (Å²) < 4.78 is 12.3. The highest BCUT2D eigenvalue weighted by Gasteiger charge is 2.51. The molecule has 0 saturated carbocycles. The number of aromatic amines is 1. The van der Waals surface area contributed by atoms with E-state index in [0.29, 0.717) is 12.1 Å². The molecule has 0 bridgehead atoms. The Morgan fingerprint density at radius 1 is 1.16 bits per heavy atom. The second kappa shape index (κ2) is 5.83. The summed E-state index contributed by atoms with van der Waals surface area (Å²) in [7, 11) is -0.338. The normalized spacial score (nSPS) is 28.1. The smallest absolute Gasteiger partial charge is 0.399 e. The molecule has 0 unspecified atom stereocenters. The van der Waals surface area contributed by atoms with Crippen LogP contribution in [0.25, 0.3) is 11.0 Å². The van der Waals surface area contributed by atoms with Gasteiger partial charge in [-0.3, -0.25) is 0 Å². The van der Waals surface area contributed by atoms with Crippen molar-refractivity contribution in [2.75, 3.05) is 0 Å². The Hall–Kier alpha value is -1.37. The molecule has 1 aromatic heterocycles. The zero-order valence-corrected chi connectivity index (χ0v) is 15.8. The van der Waals surface area contributed by atoms with Gasteiger partial charge in [-0.25, -0.2) is 4.98 Å². The third-order valence-electron chi connectivity index (χ3n) is 6.11. The molecule has 1 aromatic carbocycles. The second-order valence-corrected chi connectivity index (χ2v) is 8.39. The van der Waals surface area contributed by atoms with E-state index in [0.717, 1.165) is 28.7 Å². The van der Waals surface area contributed by atoms with Crippen molar-refractivity contribution in [3.63, 3.8) is 0 Å². The van der Waals surface area contributed by atoms with Gasteiger partial charge in [0.25, 0.3) is 0 Å². The molecule has 4 rings (SSSR count). The van der Waals surface area contributed by atoms with Gasteiger partial charge < -0.3 is 19.6 Å². The fraction of sp³-hybridized carbons (Fsp3) is 0.632. The minimum Gasteiger partial charge on any atom is -0.399 e. The highest BCUT2D eigenvalue weighted by molar-refractivity contribution is 6.62. The maximum atomic E-state index is 6.17. The van der Waals surface area contributed by atoms with Gasteiger partial charge in [-0.15, -0.1) is 0 Å². The van der Waals surface area contributed by atoms with Crippen molar-refractivity contribution in [3.8, 4) is 0 Å². The highest BCUT2D eigenvalue weighted by Crippen LogP contribution is 2.36. The van der Waals surface area contributed by atoms with E-state index in [4.69, 9.17) is 14.3 Å². The number of nitrogens with one attached hydrogen (secondary N) is 2. The summed E-state index contributed by atoms with van der Waals surface area (Å²) in [6.45, 7) is 10.5. The maximum absolute atomic E-state index is 6.17. The number of aromatic nitrogens is 2. The van der Waals surface area contributed by atoms with Gasteiger partial charge >= 0.3 is 7.12 Å². The van der Waals surface area contributed by atoms with E-state index >= 15 is 0 Å². The zero-order valence-electron chi connectivity index (χ0n) is 15.8. The van der Waals surface area contributed by atoms with E-state index in [9.17, 15) is 0 Å². The molecule has 134 valence electrons. The Balaban J connectivity index is 1.59. The average molecular weight is 341 g/mol. The van der Waals surface area contributed by atoms with Crippen LogP contribution in [0.5, 0.6) is 0 Å². The molecule has 2 fully saturated rings. The topological polar surface area (TPSA) is 59.2 Å². The monoisotopic (exact) mass is 341 g/mol. The molecule has 2 aromatic rings. The Labute approximate surface area is 150 Å². The number of benzene rings is 1. The lowest BCUT2D eigenvalue weighted by Crippen LogP contribution is -2.41. The van der Waals surface area contributed by atoms with Gasteiger partial charge in [0.1, 0.15) is 5.82 Å². The summed E-state index contributed by atoms with van der Waals surface area (Å²) in [5.41, 5.74) is 2.43. The van der Waals surface area contributed by atoms with E-state index in [1.54, 1.807) is 0 Å². The van der Waals surface area contributed by atoms with Crippen LogP contribution in [-0.2, 0) is 9.31 Å². The molecule has 2 saturated heterocycles. The number of hydrogen-bond acceptors (Lipinski definition) is 4. The number of nitrogens with zero attached hydrogens (tertiary/aromatic N) is 1. The summed E-state index contributed by atoms with van der Waals surface area (Å²) in [6.07, 6.45) is 3.53. The molecule has 2 atom stereocenters. The highest BCUT2D eigenvalue weighted by atomic mass is 16.7. The lowest BCUT2D eigenvalue weighted by Gasteiger charge is -2.32. The van der Waals surface area contributed by atoms with Crippen LogP contribution in [0.3, 0.4) is 0 Å². The molecule has 0 aliphatic carbocycles. The van der Waals surface area contributed by atoms with Crippen LogP contribution < -0.4 is 10.8 Å². The van der Waals surface area contributed by atoms with Crippen molar-refractivity contribution < 1.29 is 9.31 Å². The fourth-order valence-corrected chi connectivity index (χ4v) is 3.69. The Morgan fingerprint density at radius 2 is 1.88 bits per heavy atom. The van der Waals surface area contributed by atoms with Crippen LogP contribution in [0, 0.1) is 0 Å². The van der Waals surface area contributed by atoms with Gasteiger partial charge in [0.15, 0.2) is 0 Å². The molecule has 2 aliphatic rings. The summed E-state index contributed by atoms with van der Waals surface area (Å²) in [5, 5.41) is 3.67. The van der Waals surface area contributed by atoms with Crippen molar-refractivity contribution in [1.29, 1.82) is 0 Å². The lowest BCUT2D eigenvalue weighted by atomic mass is 9.79. The van der Waals surface area contributed by atoms with Crippen LogP contribution in [0.15, 0.2) is 18.2 Å². The summed E-state index contributed by atoms with van der Waals surface area (Å²) in [4.78, 5) is 8.29. The molecule has 5 nitrogen and oxygen atoms in total. The molecule has 2 aliphatic heterocycles. The van der Waals surface area contributed by atoms with E-state index in [2.05, 4.69) is 63.1 Å². The van der Waals surface area contributed by atoms with Crippen molar-refractivity contribution in [1.82, 2.24) is 15.3 Å². The van der Waals surface area contributed by atoms with Crippen molar-refractivity contribution >= 4 is 23.6 Å². The number of rotatable bonds is 3. The quantitative estimate of drug-likeness (QED) is 0.843. The Morgan fingerprint density at radius 3 is 2.52 bits per heavy atom. The molecule has 0 amide bonds. The fourth-order valence-electron chi connectivity index (χ4n) is 3.69. The number of imidazole rings is 1. The molecule has 25 heavy (non-hydrogen) atoms. The van der Waals surface area contributed by atoms with E-state index in [1.165, 1.54) is 12.8 Å². The first kappa shape index (κ1) is 17.1. The van der Waals surface area contributed by atoms with Crippen LogP contribution in [-0.4, -0.2) is 34.3 Å². The Bertz CT molecular complexity index is 770. The summed E-state index contributed by atoms with van der Waals surface area (Å²) in [6, 6.07) is 7.17. The standard InChI is InChI=1S/C19H28BN3O2/c1-6-13-8-10-15(21-13)17-22-14-9-7-12(11-16(14)23-17)20-24-18(2,3)19(4,5)25-20/h7,9,11,13,15,21H,6,8,10H2,1-5H3,(H,22,23)/t13-,15-/m0/s1. The minimum atomic E-state index is -0.338. The summed E-state index contributed by atoms with van der Waals surface area (Å²) in [5.74, 6) is 1.04. The molecule has 0 radical (unpaired) electrons. The van der Waals surface area contributed by atoms with Crippen LogP contribution in [0.2, 0.25) is 0 Å². The van der Waals surface area contributed by atoms with Gasteiger partial charge in [-0.05, 0) is 64.6 Å². The minimum absolute atomic E-state index is 0.325. The first-order chi connectivity index (χ1) is 11.8. The van der Waals surface area contributed by atoms with Crippen LogP contribution in [0.4, 0.5) is 0 Å². The predicted octanol–water partition coefficient (Wildman–Crippen LogP) is 3.07. The molecule has 6 heteroatoms. The average Bonchev–Trinajstić information content (AvgIpc) is 3.23. The number of H-pyrrole nitrogens is 1. The lowest BCUT2D eigenvalue weighted by molar-refractivity contribution is 0.00578. The van der Waals surface area contributed by atoms with Crippen LogP contribution in [0.1, 0.15) is 65.7 Å². The largest absolute Gasteiger partial charge is 0.494 e. The van der Waals surface area contributed by atoms with E-state index in [-0.39, 0.29) is 18.3 Å². The maximum Gasteiger partial charge on any atom is 0.494 e. The van der Waals surface area contributed by atoms with E-state index in [1.807, 2.05) is 0 Å². The first-order valence-electron chi connectivity index (χ1n) is 9.40. The molecule has 0 spiro atoms. The van der Waals surface area contributed by atoms with Gasteiger partial charge in [-0.1, -0.05) is 13.0 Å². The third-order valence-corrected chi connectivity index (χ3v) is 6.11. The third kappa shape index (κ3) is 2.90. The van der Waals surface area contributed by atoms with Crippen LogP contribution >= 0.6 is 0 Å². The van der Waals surface area contributed by atoms with E-state index < -0.39 is 0 Å². The molecular weight excluding hydrogens is 313 g/mol. The summed E-state index contributed by atoms with van der Waals surface area (Å²) >= 11 is 0. The molecular formula is C19H28BN3O2. The van der Waals surface area contributed by atoms with Gasteiger partial charge in [-0.2, -0.15) is 0 Å². The van der Waals surface area contributed by atoms with Crippen molar-refractivity contribution in [2.24, 2.45) is 0 Å². The number of hydrogen-bond donors (Lipinski definition) is 2. The van der Waals surface area contributed by atoms with Gasteiger partial charge in [0.05, 0.1) is 28.3 Å². The predicted molar refractivity (Wildman–Crippen MR) is 101 cm³/mol. The first-order valence-corrected chi connectivity index (χ1v) is 9.40. The van der Waals surface area contributed by atoms with Gasteiger partial charge in [0.2, 0.25) is 0 Å². The van der Waals surface area contributed by atoms with Crippen molar-refractivity contribution in [2.45, 2.75) is 77.2 Å².